The summed E-state index contributed by atoms with van der Waals surface area (Å²) in [5, 5.41) is 0. The third-order valence-electron chi connectivity index (χ3n) is 4.98. The van der Waals surface area contributed by atoms with Crippen molar-refractivity contribution in [2.75, 3.05) is 14.2 Å². The zero-order valence-electron chi connectivity index (χ0n) is 17.1. The zero-order valence-corrected chi connectivity index (χ0v) is 18.0. The third kappa shape index (κ3) is 3.50. The molecule has 9 nitrogen and oxygen atoms in total. The smallest absolute Gasteiger partial charge is 0.342 e. The Morgan fingerprint density at radius 3 is 2.22 bits per heavy atom. The average molecular weight is 450 g/mol. The Bertz CT molecular complexity index is 1410. The van der Waals surface area contributed by atoms with Gasteiger partial charge in [-0.1, -0.05) is 0 Å². The summed E-state index contributed by atoms with van der Waals surface area (Å²) in [5.74, 6) is -1.52. The third-order valence-corrected chi connectivity index (χ3v) is 6.09. The molecule has 0 bridgehead atoms. The number of methoxy groups -OCH3 is 2. The first-order valence-electron chi connectivity index (χ1n) is 9.41. The van der Waals surface area contributed by atoms with Gasteiger partial charge in [-0.2, -0.15) is 0 Å². The summed E-state index contributed by atoms with van der Waals surface area (Å²) in [4.78, 5) is 47.0. The van der Waals surface area contributed by atoms with Gasteiger partial charge >= 0.3 is 11.9 Å². The van der Waals surface area contributed by atoms with Crippen molar-refractivity contribution in [3.05, 3.63) is 91.0 Å². The van der Waals surface area contributed by atoms with Gasteiger partial charge in [0.1, 0.15) is 10.2 Å². The monoisotopic (exact) mass is 450 g/mol. The van der Waals surface area contributed by atoms with Crippen LogP contribution in [0.1, 0.15) is 17.2 Å². The molecule has 1 aliphatic heterocycles. The minimum Gasteiger partial charge on any atom is -0.466 e. The van der Waals surface area contributed by atoms with Crippen LogP contribution >= 0.6 is 11.3 Å². The Balaban J connectivity index is 2.14. The van der Waals surface area contributed by atoms with Crippen LogP contribution in [0.4, 0.5) is 0 Å². The van der Waals surface area contributed by atoms with Crippen molar-refractivity contribution in [1.82, 2.24) is 14.5 Å². The van der Waals surface area contributed by atoms with Crippen LogP contribution in [0.15, 0.2) is 65.1 Å². The maximum Gasteiger partial charge on any atom is 0.342 e. The highest BCUT2D eigenvalue weighted by molar-refractivity contribution is 7.07. The van der Waals surface area contributed by atoms with E-state index in [0.29, 0.717) is 10.1 Å². The van der Waals surface area contributed by atoms with Crippen molar-refractivity contribution in [2.24, 2.45) is 5.73 Å². The molecule has 0 saturated carbocycles. The van der Waals surface area contributed by atoms with E-state index < -0.39 is 18.0 Å². The lowest BCUT2D eigenvalue weighted by Gasteiger charge is -2.26. The number of nitrogens with zero attached hydrogens (tertiary/aromatic N) is 3. The van der Waals surface area contributed by atoms with Crippen molar-refractivity contribution in [2.45, 2.75) is 6.04 Å². The fourth-order valence-corrected chi connectivity index (χ4v) is 4.71. The fourth-order valence-electron chi connectivity index (χ4n) is 3.53. The molecule has 4 heterocycles. The Morgan fingerprint density at radius 1 is 1.03 bits per heavy atom. The molecule has 4 rings (SSSR count). The normalized spacial score (nSPS) is 16.0. The van der Waals surface area contributed by atoms with Gasteiger partial charge in [0.2, 0.25) is 0 Å². The van der Waals surface area contributed by atoms with Crippen molar-refractivity contribution < 1.29 is 19.1 Å². The van der Waals surface area contributed by atoms with Gasteiger partial charge in [0, 0.05) is 24.8 Å². The van der Waals surface area contributed by atoms with E-state index in [2.05, 4.69) is 9.97 Å². The first-order chi connectivity index (χ1) is 15.5. The van der Waals surface area contributed by atoms with E-state index in [1.54, 1.807) is 55.1 Å². The number of aromatic nitrogens is 3. The minimum atomic E-state index is -0.905. The topological polar surface area (TPSA) is 126 Å². The Kier molecular flexibility index (Phi) is 5.69. The second kappa shape index (κ2) is 8.60. The summed E-state index contributed by atoms with van der Waals surface area (Å²) in [5.41, 5.74) is 7.10. The highest BCUT2D eigenvalue weighted by Gasteiger charge is 2.37. The second-order valence-electron chi connectivity index (χ2n) is 6.74. The zero-order chi connectivity index (χ0) is 22.8. The predicted molar refractivity (Wildman–Crippen MR) is 117 cm³/mol. The quantitative estimate of drug-likeness (QED) is 0.544. The molecule has 2 N–H and O–H groups in total. The number of nitrogens with two attached hydrogens (primary N) is 1. The number of fused-ring (bicyclic) bond motifs is 1. The number of hydrogen-bond donors (Lipinski definition) is 1. The molecule has 0 radical (unpaired) electrons. The predicted octanol–water partition coefficient (Wildman–Crippen LogP) is -0.159. The Morgan fingerprint density at radius 2 is 1.62 bits per heavy atom. The standard InChI is InChI=1S/C22H18N4O5S/c1-30-21(28)15-17(23)16(22(29)31-2)20-26(18(15)13-5-9-25-10-6-13)19(27)14(32-20)11-12-3-7-24-8-4-12/h3-11,18H,23H2,1-2H3/b14-11+/t18-/m0/s1. The molecule has 162 valence electrons. The van der Waals surface area contributed by atoms with Gasteiger partial charge in [0.15, 0.2) is 0 Å². The number of carbonyl (C=O) groups is 2. The van der Waals surface area contributed by atoms with Crippen molar-refractivity contribution in [3.8, 4) is 0 Å². The van der Waals surface area contributed by atoms with Crippen molar-refractivity contribution in [3.63, 3.8) is 0 Å². The number of rotatable bonds is 4. The first-order valence-corrected chi connectivity index (χ1v) is 10.2. The summed E-state index contributed by atoms with van der Waals surface area (Å²) >= 11 is 1.09. The Hall–Kier alpha value is -4.05. The van der Waals surface area contributed by atoms with Crippen LogP contribution < -0.4 is 20.5 Å². The summed E-state index contributed by atoms with van der Waals surface area (Å²) in [6, 6.07) is 5.94. The highest BCUT2D eigenvalue weighted by Crippen LogP contribution is 2.32. The summed E-state index contributed by atoms with van der Waals surface area (Å²) in [7, 11) is 2.41. The summed E-state index contributed by atoms with van der Waals surface area (Å²) in [6.45, 7) is 0. The van der Waals surface area contributed by atoms with Crippen LogP contribution in [-0.4, -0.2) is 40.7 Å². The average Bonchev–Trinajstić information content (AvgIpc) is 3.13. The molecular formula is C22H18N4O5S. The molecule has 1 atom stereocenters. The molecule has 3 aromatic rings. The number of carbonyl (C=O) groups excluding carboxylic acids is 2. The lowest BCUT2D eigenvalue weighted by atomic mass is 9.92. The van der Waals surface area contributed by atoms with Crippen molar-refractivity contribution in [1.29, 1.82) is 0 Å². The minimum absolute atomic E-state index is 0.0260. The van der Waals surface area contributed by atoms with Crippen molar-refractivity contribution >= 4 is 34.9 Å². The highest BCUT2D eigenvalue weighted by atomic mass is 32.1. The molecule has 0 saturated heterocycles. The maximum atomic E-state index is 13.6. The molecule has 10 heteroatoms. The van der Waals surface area contributed by atoms with E-state index in [9.17, 15) is 14.4 Å². The number of ether oxygens (including phenoxy) is 2. The number of esters is 2. The molecule has 3 aromatic heterocycles. The lowest BCUT2D eigenvalue weighted by molar-refractivity contribution is -0.136. The molecular weight excluding hydrogens is 432 g/mol. The Labute approximate surface area is 185 Å². The molecule has 0 spiro atoms. The molecule has 0 fully saturated rings. The number of hydrogen-bond acceptors (Lipinski definition) is 9. The number of thiazole rings is 1. The van der Waals surface area contributed by atoms with Gasteiger partial charge in [0.05, 0.1) is 36.1 Å². The van der Waals surface area contributed by atoms with E-state index in [1.165, 1.54) is 18.8 Å². The van der Waals surface area contributed by atoms with Crippen LogP contribution in [0.5, 0.6) is 0 Å². The van der Waals surface area contributed by atoms with E-state index in [-0.39, 0.29) is 27.1 Å². The van der Waals surface area contributed by atoms with Gasteiger partial charge in [-0.05, 0) is 41.5 Å². The van der Waals surface area contributed by atoms with E-state index in [4.69, 9.17) is 15.2 Å². The van der Waals surface area contributed by atoms with Crippen LogP contribution in [0.2, 0.25) is 0 Å². The van der Waals surface area contributed by atoms with E-state index in [0.717, 1.165) is 16.9 Å². The van der Waals surface area contributed by atoms with E-state index in [1.807, 2.05) is 0 Å². The van der Waals surface area contributed by atoms with Gasteiger partial charge in [0.25, 0.3) is 5.56 Å². The van der Waals surface area contributed by atoms with Crippen LogP contribution in [0, 0.1) is 0 Å². The van der Waals surface area contributed by atoms with Crippen LogP contribution in [0.3, 0.4) is 0 Å². The second-order valence-corrected chi connectivity index (χ2v) is 7.77. The largest absolute Gasteiger partial charge is 0.466 e. The summed E-state index contributed by atoms with van der Waals surface area (Å²) in [6.07, 6.45) is 7.99. The van der Waals surface area contributed by atoms with Gasteiger partial charge in [-0.3, -0.25) is 19.3 Å². The molecule has 0 unspecified atom stereocenters. The molecule has 0 amide bonds. The summed E-state index contributed by atoms with van der Waals surface area (Å²) < 4.78 is 11.9. The molecule has 1 aliphatic rings. The molecule has 0 aromatic carbocycles. The van der Waals surface area contributed by atoms with Gasteiger partial charge in [-0.25, -0.2) is 9.59 Å². The lowest BCUT2D eigenvalue weighted by Crippen LogP contribution is -2.43. The van der Waals surface area contributed by atoms with E-state index >= 15 is 0 Å². The SMILES string of the molecule is COC(=O)C1=C(N)C(C(=O)OC)=c2s/c(=C/c3ccncc3)c(=O)n2[C@H]1c1ccncc1. The molecule has 32 heavy (non-hydrogen) atoms. The van der Waals surface area contributed by atoms with Gasteiger partial charge in [-0.15, -0.1) is 11.3 Å². The van der Waals surface area contributed by atoms with Crippen LogP contribution in [0.25, 0.3) is 11.6 Å². The van der Waals surface area contributed by atoms with Gasteiger partial charge < -0.3 is 15.2 Å². The van der Waals surface area contributed by atoms with Crippen LogP contribution in [-0.2, 0) is 19.1 Å². The number of pyridine rings is 2. The fraction of sp³-hybridized carbons (Fsp3) is 0.136. The first kappa shape index (κ1) is 21.2. The maximum absolute atomic E-state index is 13.6. The molecule has 0 aliphatic carbocycles.